The van der Waals surface area contributed by atoms with Gasteiger partial charge < -0.3 is 9.47 Å². The van der Waals surface area contributed by atoms with E-state index in [1.54, 1.807) is 38.5 Å². The molecule has 17 heavy (non-hydrogen) atoms. The second-order valence-electron chi connectivity index (χ2n) is 3.57. The van der Waals surface area contributed by atoms with E-state index in [1.807, 2.05) is 12.1 Å². The van der Waals surface area contributed by atoms with E-state index in [2.05, 4.69) is 0 Å². The van der Waals surface area contributed by atoms with Gasteiger partial charge in [0.05, 0.1) is 14.2 Å². The zero-order valence-electron chi connectivity index (χ0n) is 9.74. The van der Waals surface area contributed by atoms with Crippen LogP contribution in [0.3, 0.4) is 0 Å². The van der Waals surface area contributed by atoms with Crippen LogP contribution >= 0.6 is 0 Å². The van der Waals surface area contributed by atoms with Crippen molar-refractivity contribution in [3.63, 3.8) is 0 Å². The topological polar surface area (TPSA) is 18.5 Å². The van der Waals surface area contributed by atoms with Gasteiger partial charge in [-0.25, -0.2) is 4.39 Å². The first-order valence-corrected chi connectivity index (χ1v) is 5.22. The summed E-state index contributed by atoms with van der Waals surface area (Å²) in [6.07, 6.45) is 0. The molecule has 0 saturated heterocycles. The third kappa shape index (κ3) is 2.38. The van der Waals surface area contributed by atoms with Crippen molar-refractivity contribution in [3.8, 4) is 22.6 Å². The lowest BCUT2D eigenvalue weighted by Crippen LogP contribution is -1.88. The molecular weight excluding hydrogens is 219 g/mol. The maximum atomic E-state index is 13.7. The average Bonchev–Trinajstić information content (AvgIpc) is 2.39. The van der Waals surface area contributed by atoms with Crippen LogP contribution in [0.1, 0.15) is 0 Å². The first-order valence-electron chi connectivity index (χ1n) is 5.22. The summed E-state index contributed by atoms with van der Waals surface area (Å²) in [5.41, 5.74) is 1.31. The Bertz CT molecular complexity index is 506. The monoisotopic (exact) mass is 232 g/mol. The summed E-state index contributed by atoms with van der Waals surface area (Å²) in [6.45, 7) is 0. The van der Waals surface area contributed by atoms with Crippen molar-refractivity contribution in [1.29, 1.82) is 0 Å². The van der Waals surface area contributed by atoms with Gasteiger partial charge in [-0.2, -0.15) is 0 Å². The van der Waals surface area contributed by atoms with Gasteiger partial charge in [0.15, 0.2) is 0 Å². The molecule has 2 aromatic rings. The van der Waals surface area contributed by atoms with E-state index in [0.717, 1.165) is 11.3 Å². The van der Waals surface area contributed by atoms with Crippen LogP contribution in [0.5, 0.6) is 11.5 Å². The second-order valence-corrected chi connectivity index (χ2v) is 3.57. The molecule has 0 saturated carbocycles. The Kier molecular flexibility index (Phi) is 3.28. The summed E-state index contributed by atoms with van der Waals surface area (Å²) < 4.78 is 23.8. The summed E-state index contributed by atoms with van der Waals surface area (Å²) in [5.74, 6) is 1.12. The number of hydrogen-bond acceptors (Lipinski definition) is 2. The molecule has 0 aliphatic carbocycles. The van der Waals surface area contributed by atoms with E-state index in [1.165, 1.54) is 6.07 Å². The van der Waals surface area contributed by atoms with Gasteiger partial charge in [0.2, 0.25) is 0 Å². The third-order valence-electron chi connectivity index (χ3n) is 2.57. The van der Waals surface area contributed by atoms with Crippen molar-refractivity contribution in [2.45, 2.75) is 0 Å². The molecule has 2 nitrogen and oxygen atoms in total. The molecule has 0 radical (unpaired) electrons. The van der Waals surface area contributed by atoms with Crippen LogP contribution in [0.25, 0.3) is 11.1 Å². The summed E-state index contributed by atoms with van der Waals surface area (Å²) in [6, 6.07) is 11.9. The van der Waals surface area contributed by atoms with Crippen LogP contribution < -0.4 is 9.47 Å². The number of methoxy groups -OCH3 is 2. The SMILES string of the molecule is COc1ccc(-c2cc(OC)ccc2F)cc1. The zero-order valence-corrected chi connectivity index (χ0v) is 9.74. The van der Waals surface area contributed by atoms with E-state index < -0.39 is 0 Å². The molecule has 0 unspecified atom stereocenters. The standard InChI is InChI=1S/C14H13FO2/c1-16-11-5-3-10(4-6-11)13-9-12(17-2)7-8-14(13)15/h3-9H,1-2H3. The minimum Gasteiger partial charge on any atom is -0.497 e. The molecule has 0 spiro atoms. The normalized spacial score (nSPS) is 10.1. The van der Waals surface area contributed by atoms with E-state index in [0.29, 0.717) is 11.3 Å². The molecule has 0 fully saturated rings. The van der Waals surface area contributed by atoms with Crippen molar-refractivity contribution >= 4 is 0 Å². The van der Waals surface area contributed by atoms with Crippen LogP contribution in [-0.4, -0.2) is 14.2 Å². The lowest BCUT2D eigenvalue weighted by molar-refractivity contribution is 0.414. The Balaban J connectivity index is 2.43. The Morgan fingerprint density at radius 3 is 2.00 bits per heavy atom. The highest BCUT2D eigenvalue weighted by Gasteiger charge is 2.06. The Morgan fingerprint density at radius 2 is 1.41 bits per heavy atom. The highest BCUT2D eigenvalue weighted by Crippen LogP contribution is 2.28. The van der Waals surface area contributed by atoms with Crippen LogP contribution in [0.4, 0.5) is 4.39 Å². The summed E-state index contributed by atoms with van der Waals surface area (Å²) in [4.78, 5) is 0. The van der Waals surface area contributed by atoms with E-state index in [9.17, 15) is 4.39 Å². The molecule has 0 aliphatic rings. The van der Waals surface area contributed by atoms with Crippen LogP contribution in [-0.2, 0) is 0 Å². The molecule has 0 bridgehead atoms. The van der Waals surface area contributed by atoms with E-state index in [4.69, 9.17) is 9.47 Å². The quantitative estimate of drug-likeness (QED) is 0.806. The van der Waals surface area contributed by atoms with Gasteiger partial charge in [0.1, 0.15) is 17.3 Å². The molecule has 0 heterocycles. The fourth-order valence-corrected chi connectivity index (χ4v) is 1.62. The number of halogens is 1. The number of ether oxygens (including phenoxy) is 2. The fourth-order valence-electron chi connectivity index (χ4n) is 1.62. The van der Waals surface area contributed by atoms with E-state index in [-0.39, 0.29) is 5.82 Å². The first-order chi connectivity index (χ1) is 8.24. The second kappa shape index (κ2) is 4.87. The molecule has 0 amide bonds. The molecule has 2 rings (SSSR count). The van der Waals surface area contributed by atoms with Gasteiger partial charge in [0.25, 0.3) is 0 Å². The molecule has 0 aliphatic heterocycles. The fraction of sp³-hybridized carbons (Fsp3) is 0.143. The number of hydrogen-bond donors (Lipinski definition) is 0. The maximum absolute atomic E-state index is 13.7. The summed E-state index contributed by atoms with van der Waals surface area (Å²) in [7, 11) is 3.16. The molecular formula is C14H13FO2. The Morgan fingerprint density at radius 1 is 0.824 bits per heavy atom. The van der Waals surface area contributed by atoms with Crippen molar-refractivity contribution in [2.24, 2.45) is 0 Å². The lowest BCUT2D eigenvalue weighted by Gasteiger charge is -2.07. The summed E-state index contributed by atoms with van der Waals surface area (Å²) >= 11 is 0. The minimum atomic E-state index is -0.268. The van der Waals surface area contributed by atoms with Crippen molar-refractivity contribution in [2.75, 3.05) is 14.2 Å². The number of benzene rings is 2. The van der Waals surface area contributed by atoms with Crippen LogP contribution in [0.2, 0.25) is 0 Å². The minimum absolute atomic E-state index is 0.268. The van der Waals surface area contributed by atoms with Crippen LogP contribution in [0, 0.1) is 5.82 Å². The molecule has 0 N–H and O–H groups in total. The number of rotatable bonds is 3. The van der Waals surface area contributed by atoms with Crippen molar-refractivity contribution in [1.82, 2.24) is 0 Å². The van der Waals surface area contributed by atoms with Gasteiger partial charge in [-0.15, -0.1) is 0 Å². The van der Waals surface area contributed by atoms with Crippen molar-refractivity contribution in [3.05, 3.63) is 48.3 Å². The molecule has 0 aromatic heterocycles. The largest absolute Gasteiger partial charge is 0.497 e. The smallest absolute Gasteiger partial charge is 0.131 e. The predicted molar refractivity (Wildman–Crippen MR) is 64.9 cm³/mol. The molecule has 3 heteroatoms. The average molecular weight is 232 g/mol. The van der Waals surface area contributed by atoms with E-state index >= 15 is 0 Å². The first kappa shape index (κ1) is 11.5. The lowest BCUT2D eigenvalue weighted by atomic mass is 10.0. The van der Waals surface area contributed by atoms with Gasteiger partial charge in [-0.3, -0.25) is 0 Å². The Hall–Kier alpha value is -2.03. The predicted octanol–water partition coefficient (Wildman–Crippen LogP) is 3.51. The molecule has 0 atom stereocenters. The summed E-state index contributed by atoms with van der Waals surface area (Å²) in [5, 5.41) is 0. The third-order valence-corrected chi connectivity index (χ3v) is 2.57. The van der Waals surface area contributed by atoms with Crippen molar-refractivity contribution < 1.29 is 13.9 Å². The van der Waals surface area contributed by atoms with Gasteiger partial charge in [-0.1, -0.05) is 12.1 Å². The maximum Gasteiger partial charge on any atom is 0.131 e. The van der Waals surface area contributed by atoms with Gasteiger partial charge >= 0.3 is 0 Å². The van der Waals surface area contributed by atoms with Gasteiger partial charge in [-0.05, 0) is 35.9 Å². The molecule has 88 valence electrons. The highest BCUT2D eigenvalue weighted by molar-refractivity contribution is 5.66. The Labute approximate surface area is 99.6 Å². The van der Waals surface area contributed by atoms with Gasteiger partial charge in [0, 0.05) is 5.56 Å². The molecule has 2 aromatic carbocycles. The van der Waals surface area contributed by atoms with Crippen LogP contribution in [0.15, 0.2) is 42.5 Å². The zero-order chi connectivity index (χ0) is 12.3. The highest BCUT2D eigenvalue weighted by atomic mass is 19.1.